The zero-order valence-corrected chi connectivity index (χ0v) is 10.9. The Balaban J connectivity index is 1.89. The van der Waals surface area contributed by atoms with E-state index in [1.165, 1.54) is 30.5 Å². The molecule has 0 aromatic heterocycles. The van der Waals surface area contributed by atoms with Crippen molar-refractivity contribution in [2.75, 3.05) is 11.9 Å². The molecule has 0 spiro atoms. The molecule has 0 aliphatic carbocycles. The van der Waals surface area contributed by atoms with Gasteiger partial charge in [0.1, 0.15) is 0 Å². The summed E-state index contributed by atoms with van der Waals surface area (Å²) in [6.45, 7) is 5.31. The number of nitrogens with one attached hydrogen (secondary N) is 1. The fourth-order valence-corrected chi connectivity index (χ4v) is 2.44. The van der Waals surface area contributed by atoms with Crippen molar-refractivity contribution in [3.05, 3.63) is 29.8 Å². The molecule has 1 saturated heterocycles. The summed E-state index contributed by atoms with van der Waals surface area (Å²) < 4.78 is 5.82. The molecule has 2 heteroatoms. The maximum Gasteiger partial charge on any atom is 0.0751 e. The van der Waals surface area contributed by atoms with E-state index in [1.54, 1.807) is 0 Å². The van der Waals surface area contributed by atoms with Gasteiger partial charge in [0.2, 0.25) is 0 Å². The maximum atomic E-state index is 5.82. The largest absolute Gasteiger partial charge is 0.382 e. The Kier molecular flexibility index (Phi) is 4.43. The predicted octanol–water partition coefficient (Wildman–Crippen LogP) is 3.62. The Morgan fingerprint density at radius 1 is 1.29 bits per heavy atom. The molecule has 1 fully saturated rings. The molecule has 2 unspecified atom stereocenters. The molecule has 1 heterocycles. The van der Waals surface area contributed by atoms with Crippen LogP contribution in [-0.2, 0) is 11.2 Å². The standard InChI is InChI=1S/C15H23NO/c1-3-6-13-7-4-5-8-15(13)16-11-14-10-9-12(2)17-14/h4-5,7-8,12,14,16H,3,6,9-11H2,1-2H3. The van der Waals surface area contributed by atoms with Crippen LogP contribution in [0.1, 0.15) is 38.7 Å². The molecule has 94 valence electrons. The van der Waals surface area contributed by atoms with Crippen LogP contribution >= 0.6 is 0 Å². The fourth-order valence-electron chi connectivity index (χ4n) is 2.44. The first kappa shape index (κ1) is 12.4. The van der Waals surface area contributed by atoms with Crippen LogP contribution in [-0.4, -0.2) is 18.8 Å². The van der Waals surface area contributed by atoms with E-state index in [4.69, 9.17) is 4.74 Å². The highest BCUT2D eigenvalue weighted by atomic mass is 16.5. The van der Waals surface area contributed by atoms with Gasteiger partial charge in [-0.2, -0.15) is 0 Å². The normalized spacial score (nSPS) is 23.9. The summed E-state index contributed by atoms with van der Waals surface area (Å²) >= 11 is 0. The van der Waals surface area contributed by atoms with Gasteiger partial charge in [-0.15, -0.1) is 0 Å². The number of anilines is 1. The van der Waals surface area contributed by atoms with Crippen molar-refractivity contribution < 1.29 is 4.74 Å². The minimum atomic E-state index is 0.389. The zero-order valence-electron chi connectivity index (χ0n) is 10.9. The Morgan fingerprint density at radius 2 is 2.12 bits per heavy atom. The molecular formula is C15H23NO. The van der Waals surface area contributed by atoms with Crippen molar-refractivity contribution in [3.8, 4) is 0 Å². The smallest absolute Gasteiger partial charge is 0.0751 e. The Labute approximate surface area is 104 Å². The lowest BCUT2D eigenvalue weighted by atomic mass is 10.1. The minimum Gasteiger partial charge on any atom is -0.382 e. The van der Waals surface area contributed by atoms with Crippen LogP contribution in [0.25, 0.3) is 0 Å². The maximum absolute atomic E-state index is 5.82. The van der Waals surface area contributed by atoms with Gasteiger partial charge in [-0.25, -0.2) is 0 Å². The molecule has 0 bridgehead atoms. The Bertz CT molecular complexity index is 351. The summed E-state index contributed by atoms with van der Waals surface area (Å²) in [5, 5.41) is 3.54. The van der Waals surface area contributed by atoms with Gasteiger partial charge >= 0.3 is 0 Å². The SMILES string of the molecule is CCCc1ccccc1NCC1CCC(C)O1. The van der Waals surface area contributed by atoms with Gasteiger partial charge in [0, 0.05) is 12.2 Å². The van der Waals surface area contributed by atoms with E-state index in [0.29, 0.717) is 12.2 Å². The number of aryl methyl sites for hydroxylation is 1. The van der Waals surface area contributed by atoms with Gasteiger partial charge < -0.3 is 10.1 Å². The highest BCUT2D eigenvalue weighted by Crippen LogP contribution is 2.21. The van der Waals surface area contributed by atoms with E-state index in [1.807, 2.05) is 0 Å². The lowest BCUT2D eigenvalue weighted by Gasteiger charge is -2.15. The molecule has 1 aliphatic heterocycles. The van der Waals surface area contributed by atoms with Crippen molar-refractivity contribution in [2.45, 2.75) is 51.7 Å². The first-order valence-electron chi connectivity index (χ1n) is 6.77. The second kappa shape index (κ2) is 6.06. The van der Waals surface area contributed by atoms with Crippen LogP contribution in [0.3, 0.4) is 0 Å². The molecule has 0 radical (unpaired) electrons. The number of benzene rings is 1. The summed E-state index contributed by atoms with van der Waals surface area (Å²) in [7, 11) is 0. The van der Waals surface area contributed by atoms with Gasteiger partial charge in [0.05, 0.1) is 12.2 Å². The Morgan fingerprint density at radius 3 is 2.82 bits per heavy atom. The lowest BCUT2D eigenvalue weighted by molar-refractivity contribution is 0.0637. The molecule has 1 aromatic rings. The van der Waals surface area contributed by atoms with Crippen LogP contribution in [0, 0.1) is 0 Å². The molecular weight excluding hydrogens is 210 g/mol. The summed E-state index contributed by atoms with van der Waals surface area (Å²) in [5.41, 5.74) is 2.69. The van der Waals surface area contributed by atoms with E-state index < -0.39 is 0 Å². The molecule has 1 aromatic carbocycles. The summed E-state index contributed by atoms with van der Waals surface area (Å²) in [4.78, 5) is 0. The topological polar surface area (TPSA) is 21.3 Å². The predicted molar refractivity (Wildman–Crippen MR) is 72.5 cm³/mol. The highest BCUT2D eigenvalue weighted by molar-refractivity contribution is 5.51. The zero-order chi connectivity index (χ0) is 12.1. The van der Waals surface area contributed by atoms with Gasteiger partial charge in [0.25, 0.3) is 0 Å². The van der Waals surface area contributed by atoms with E-state index in [2.05, 4.69) is 43.4 Å². The van der Waals surface area contributed by atoms with Gasteiger partial charge in [-0.1, -0.05) is 31.5 Å². The van der Waals surface area contributed by atoms with Crippen molar-refractivity contribution in [3.63, 3.8) is 0 Å². The quantitative estimate of drug-likeness (QED) is 0.838. The molecule has 1 N–H and O–H groups in total. The highest BCUT2D eigenvalue weighted by Gasteiger charge is 2.21. The van der Waals surface area contributed by atoms with Crippen molar-refractivity contribution >= 4 is 5.69 Å². The third-order valence-electron chi connectivity index (χ3n) is 3.38. The second-order valence-electron chi connectivity index (χ2n) is 4.93. The van der Waals surface area contributed by atoms with E-state index in [-0.39, 0.29) is 0 Å². The van der Waals surface area contributed by atoms with Crippen LogP contribution in [0.4, 0.5) is 5.69 Å². The minimum absolute atomic E-state index is 0.389. The molecule has 2 nitrogen and oxygen atoms in total. The summed E-state index contributed by atoms with van der Waals surface area (Å²) in [6, 6.07) is 8.59. The first-order valence-corrected chi connectivity index (χ1v) is 6.77. The molecule has 0 saturated carbocycles. The third kappa shape index (κ3) is 3.47. The summed E-state index contributed by atoms with van der Waals surface area (Å²) in [5.74, 6) is 0. The van der Waals surface area contributed by atoms with E-state index in [9.17, 15) is 0 Å². The number of hydrogen-bond acceptors (Lipinski definition) is 2. The van der Waals surface area contributed by atoms with Gasteiger partial charge in [0.15, 0.2) is 0 Å². The van der Waals surface area contributed by atoms with Crippen LogP contribution in [0.5, 0.6) is 0 Å². The first-order chi connectivity index (χ1) is 8.29. The molecule has 17 heavy (non-hydrogen) atoms. The number of para-hydroxylation sites is 1. The number of rotatable bonds is 5. The second-order valence-corrected chi connectivity index (χ2v) is 4.93. The molecule has 1 aliphatic rings. The number of hydrogen-bond donors (Lipinski definition) is 1. The molecule has 2 atom stereocenters. The van der Waals surface area contributed by atoms with Crippen molar-refractivity contribution in [1.82, 2.24) is 0 Å². The molecule has 0 amide bonds. The van der Waals surface area contributed by atoms with Gasteiger partial charge in [-0.3, -0.25) is 0 Å². The molecule has 2 rings (SSSR count). The average Bonchev–Trinajstić information content (AvgIpc) is 2.74. The van der Waals surface area contributed by atoms with Gasteiger partial charge in [-0.05, 0) is 37.8 Å². The average molecular weight is 233 g/mol. The van der Waals surface area contributed by atoms with Crippen molar-refractivity contribution in [1.29, 1.82) is 0 Å². The van der Waals surface area contributed by atoms with E-state index in [0.717, 1.165) is 13.0 Å². The fraction of sp³-hybridized carbons (Fsp3) is 0.600. The monoisotopic (exact) mass is 233 g/mol. The number of ether oxygens (including phenoxy) is 1. The van der Waals surface area contributed by atoms with Crippen LogP contribution in [0.15, 0.2) is 24.3 Å². The van der Waals surface area contributed by atoms with E-state index >= 15 is 0 Å². The van der Waals surface area contributed by atoms with Crippen LogP contribution < -0.4 is 5.32 Å². The third-order valence-corrected chi connectivity index (χ3v) is 3.38. The lowest BCUT2D eigenvalue weighted by Crippen LogP contribution is -2.20. The van der Waals surface area contributed by atoms with Crippen LogP contribution in [0.2, 0.25) is 0 Å². The Hall–Kier alpha value is -1.02. The summed E-state index contributed by atoms with van der Waals surface area (Å²) in [6.07, 6.45) is 5.54. The van der Waals surface area contributed by atoms with Crippen molar-refractivity contribution in [2.24, 2.45) is 0 Å².